The summed E-state index contributed by atoms with van der Waals surface area (Å²) in [6, 6.07) is 0.410. The van der Waals surface area contributed by atoms with Crippen LogP contribution >= 0.6 is 0 Å². The van der Waals surface area contributed by atoms with Gasteiger partial charge in [0, 0.05) is 25.0 Å². The summed E-state index contributed by atoms with van der Waals surface area (Å²) < 4.78 is 10.6. The molecule has 0 aliphatic carbocycles. The summed E-state index contributed by atoms with van der Waals surface area (Å²) in [5, 5.41) is 7.25. The molecule has 1 saturated heterocycles. The van der Waals surface area contributed by atoms with E-state index in [0.717, 1.165) is 44.2 Å². The molecule has 1 aromatic heterocycles. The molecule has 0 radical (unpaired) electrons. The van der Waals surface area contributed by atoms with Gasteiger partial charge in [-0.15, -0.1) is 0 Å². The van der Waals surface area contributed by atoms with Gasteiger partial charge in [-0.3, -0.25) is 0 Å². The first-order chi connectivity index (χ1) is 7.83. The lowest BCUT2D eigenvalue weighted by Gasteiger charge is -2.09. The van der Waals surface area contributed by atoms with Gasteiger partial charge in [-0.2, -0.15) is 4.98 Å². The van der Waals surface area contributed by atoms with Crippen LogP contribution in [0.3, 0.4) is 0 Å². The monoisotopic (exact) mass is 225 g/mol. The zero-order chi connectivity index (χ0) is 11.4. The highest BCUT2D eigenvalue weighted by molar-refractivity contribution is 4.98. The Bertz CT molecular complexity index is 317. The molecule has 1 N–H and O–H groups in total. The van der Waals surface area contributed by atoms with E-state index in [9.17, 15) is 0 Å². The minimum absolute atomic E-state index is 0.326. The maximum atomic E-state index is 5.31. The fourth-order valence-electron chi connectivity index (χ4n) is 1.92. The van der Waals surface area contributed by atoms with E-state index in [1.807, 2.05) is 7.05 Å². The van der Waals surface area contributed by atoms with Crippen molar-refractivity contribution in [1.29, 1.82) is 0 Å². The standard InChI is InChI=1S/C11H19N3O2/c1-3-9(12-2)6-10-13-11(14-16-10)8-4-5-15-7-8/h8-9,12H,3-7H2,1-2H3. The minimum Gasteiger partial charge on any atom is -0.381 e. The Labute approximate surface area is 95.6 Å². The molecular formula is C11H19N3O2. The van der Waals surface area contributed by atoms with E-state index in [4.69, 9.17) is 9.26 Å². The Kier molecular flexibility index (Phi) is 3.90. The molecule has 0 bridgehead atoms. The van der Waals surface area contributed by atoms with Crippen molar-refractivity contribution >= 4 is 0 Å². The Hall–Kier alpha value is -0.940. The average molecular weight is 225 g/mol. The molecule has 2 heterocycles. The second-order valence-electron chi connectivity index (χ2n) is 4.20. The number of aromatic nitrogens is 2. The maximum absolute atomic E-state index is 5.31. The molecule has 1 fully saturated rings. The molecule has 16 heavy (non-hydrogen) atoms. The van der Waals surface area contributed by atoms with Gasteiger partial charge >= 0.3 is 0 Å². The van der Waals surface area contributed by atoms with Gasteiger partial charge in [0.05, 0.1) is 6.61 Å². The zero-order valence-corrected chi connectivity index (χ0v) is 9.90. The van der Waals surface area contributed by atoms with E-state index in [0.29, 0.717) is 12.0 Å². The molecule has 0 amide bonds. The number of ether oxygens (including phenoxy) is 1. The van der Waals surface area contributed by atoms with Crippen molar-refractivity contribution in [3.63, 3.8) is 0 Å². The molecule has 5 heteroatoms. The van der Waals surface area contributed by atoms with Gasteiger partial charge in [-0.1, -0.05) is 12.1 Å². The van der Waals surface area contributed by atoms with E-state index in [1.165, 1.54) is 0 Å². The molecule has 0 aromatic carbocycles. The van der Waals surface area contributed by atoms with Gasteiger partial charge in [-0.05, 0) is 19.9 Å². The highest BCUT2D eigenvalue weighted by Gasteiger charge is 2.23. The number of nitrogens with zero attached hydrogens (tertiary/aromatic N) is 2. The van der Waals surface area contributed by atoms with Gasteiger partial charge in [-0.25, -0.2) is 0 Å². The van der Waals surface area contributed by atoms with E-state index in [1.54, 1.807) is 0 Å². The predicted octanol–water partition coefficient (Wildman–Crippen LogP) is 1.11. The summed E-state index contributed by atoms with van der Waals surface area (Å²) in [7, 11) is 1.95. The van der Waals surface area contributed by atoms with E-state index < -0.39 is 0 Å². The lowest BCUT2D eigenvalue weighted by atomic mass is 10.1. The Balaban J connectivity index is 1.96. The van der Waals surface area contributed by atoms with Crippen molar-refractivity contribution < 1.29 is 9.26 Å². The SMILES string of the molecule is CCC(Cc1nc(C2CCOC2)no1)NC. The van der Waals surface area contributed by atoms with Crippen molar-refractivity contribution in [3.05, 3.63) is 11.7 Å². The molecule has 2 atom stereocenters. The van der Waals surface area contributed by atoms with Gasteiger partial charge in [0.15, 0.2) is 5.82 Å². The van der Waals surface area contributed by atoms with E-state index in [-0.39, 0.29) is 0 Å². The van der Waals surface area contributed by atoms with Crippen LogP contribution in [-0.4, -0.2) is 36.4 Å². The van der Waals surface area contributed by atoms with Crippen LogP contribution in [0.2, 0.25) is 0 Å². The highest BCUT2D eigenvalue weighted by Crippen LogP contribution is 2.22. The van der Waals surface area contributed by atoms with Gasteiger partial charge in [0.25, 0.3) is 0 Å². The first-order valence-electron chi connectivity index (χ1n) is 5.91. The van der Waals surface area contributed by atoms with Crippen LogP contribution in [-0.2, 0) is 11.2 Å². The van der Waals surface area contributed by atoms with Crippen molar-refractivity contribution in [3.8, 4) is 0 Å². The van der Waals surface area contributed by atoms with Crippen molar-refractivity contribution in [1.82, 2.24) is 15.5 Å². The van der Waals surface area contributed by atoms with E-state index in [2.05, 4.69) is 22.4 Å². The second kappa shape index (κ2) is 5.41. The van der Waals surface area contributed by atoms with Crippen LogP contribution in [0.1, 0.15) is 37.4 Å². The van der Waals surface area contributed by atoms with Gasteiger partial charge in [0.2, 0.25) is 5.89 Å². The zero-order valence-electron chi connectivity index (χ0n) is 9.90. The lowest BCUT2D eigenvalue weighted by Crippen LogP contribution is -2.26. The van der Waals surface area contributed by atoms with Crippen LogP contribution in [0.15, 0.2) is 4.52 Å². The summed E-state index contributed by atoms with van der Waals surface area (Å²) in [6.07, 6.45) is 2.86. The third-order valence-electron chi connectivity index (χ3n) is 3.10. The molecule has 1 aromatic rings. The Morgan fingerprint density at radius 1 is 1.56 bits per heavy atom. The van der Waals surface area contributed by atoms with Crippen molar-refractivity contribution in [2.45, 2.75) is 38.1 Å². The fraction of sp³-hybridized carbons (Fsp3) is 0.818. The largest absolute Gasteiger partial charge is 0.381 e. The lowest BCUT2D eigenvalue weighted by molar-refractivity contribution is 0.192. The second-order valence-corrected chi connectivity index (χ2v) is 4.20. The normalized spacial score (nSPS) is 22.5. The first kappa shape index (κ1) is 11.5. The number of hydrogen-bond acceptors (Lipinski definition) is 5. The fourth-order valence-corrected chi connectivity index (χ4v) is 1.92. The summed E-state index contributed by atoms with van der Waals surface area (Å²) >= 11 is 0. The Morgan fingerprint density at radius 3 is 3.06 bits per heavy atom. The summed E-state index contributed by atoms with van der Waals surface area (Å²) in [5.41, 5.74) is 0. The third kappa shape index (κ3) is 2.59. The topological polar surface area (TPSA) is 60.2 Å². The van der Waals surface area contributed by atoms with E-state index >= 15 is 0 Å². The van der Waals surface area contributed by atoms with Crippen LogP contribution in [0.4, 0.5) is 0 Å². The summed E-state index contributed by atoms with van der Waals surface area (Å²) in [5.74, 6) is 1.86. The molecule has 2 unspecified atom stereocenters. The Morgan fingerprint density at radius 2 is 2.44 bits per heavy atom. The minimum atomic E-state index is 0.326. The predicted molar refractivity (Wildman–Crippen MR) is 59.3 cm³/mol. The number of hydrogen-bond donors (Lipinski definition) is 1. The van der Waals surface area contributed by atoms with Crippen LogP contribution < -0.4 is 5.32 Å². The highest BCUT2D eigenvalue weighted by atomic mass is 16.5. The van der Waals surface area contributed by atoms with Crippen molar-refractivity contribution in [2.75, 3.05) is 20.3 Å². The summed E-state index contributed by atoms with van der Waals surface area (Å²) in [4.78, 5) is 4.43. The molecule has 0 saturated carbocycles. The van der Waals surface area contributed by atoms with Gasteiger partial charge < -0.3 is 14.6 Å². The molecular weight excluding hydrogens is 206 g/mol. The van der Waals surface area contributed by atoms with Gasteiger partial charge in [0.1, 0.15) is 0 Å². The van der Waals surface area contributed by atoms with Crippen LogP contribution in [0.5, 0.6) is 0 Å². The quantitative estimate of drug-likeness (QED) is 0.813. The van der Waals surface area contributed by atoms with Crippen LogP contribution in [0.25, 0.3) is 0 Å². The number of likely N-dealkylation sites (N-methyl/N-ethyl adjacent to an activating group) is 1. The van der Waals surface area contributed by atoms with Crippen LogP contribution in [0, 0.1) is 0 Å². The number of rotatable bonds is 5. The summed E-state index contributed by atoms with van der Waals surface area (Å²) in [6.45, 7) is 3.67. The molecule has 90 valence electrons. The third-order valence-corrected chi connectivity index (χ3v) is 3.10. The van der Waals surface area contributed by atoms with Crippen molar-refractivity contribution in [2.24, 2.45) is 0 Å². The molecule has 1 aliphatic heterocycles. The molecule has 2 rings (SSSR count). The number of nitrogens with one attached hydrogen (secondary N) is 1. The average Bonchev–Trinajstić information content (AvgIpc) is 2.96. The molecule has 0 spiro atoms. The first-order valence-corrected chi connectivity index (χ1v) is 5.91. The molecule has 5 nitrogen and oxygen atoms in total. The smallest absolute Gasteiger partial charge is 0.228 e. The molecule has 1 aliphatic rings. The maximum Gasteiger partial charge on any atom is 0.228 e.